The molecule has 2 heteroatoms. The van der Waals surface area contributed by atoms with E-state index in [0.717, 1.165) is 29.2 Å². The largest absolute Gasteiger partial charge is 0.497 e. The van der Waals surface area contributed by atoms with Crippen molar-refractivity contribution in [2.75, 3.05) is 7.11 Å². The third-order valence-electron chi connectivity index (χ3n) is 4.72. The molecule has 1 N–H and O–H groups in total. The molecule has 2 fully saturated rings. The van der Waals surface area contributed by atoms with Gasteiger partial charge in [0, 0.05) is 0 Å². The van der Waals surface area contributed by atoms with Crippen LogP contribution < -0.4 is 4.74 Å². The number of rotatable bonds is 2. The molecule has 2 aliphatic carbocycles. The molecule has 0 radical (unpaired) electrons. The van der Waals surface area contributed by atoms with E-state index in [4.69, 9.17) is 4.74 Å². The summed E-state index contributed by atoms with van der Waals surface area (Å²) in [5.74, 6) is 2.09. The van der Waals surface area contributed by atoms with Gasteiger partial charge in [-0.05, 0) is 67.7 Å². The van der Waals surface area contributed by atoms with Gasteiger partial charge < -0.3 is 9.84 Å². The van der Waals surface area contributed by atoms with Gasteiger partial charge in [0.2, 0.25) is 0 Å². The molecule has 92 valence electrons. The molecule has 0 heterocycles. The zero-order chi connectivity index (χ0) is 12.0. The Balaban J connectivity index is 1.99. The molecular formula is C15H20O2. The highest BCUT2D eigenvalue weighted by Gasteiger charge is 2.51. The first kappa shape index (κ1) is 11.1. The first-order valence-corrected chi connectivity index (χ1v) is 6.51. The summed E-state index contributed by atoms with van der Waals surface area (Å²) in [6.45, 7) is 2.07. The number of ether oxygens (including phenoxy) is 1. The number of fused-ring (bicyclic) bond motifs is 2. The van der Waals surface area contributed by atoms with Crippen molar-refractivity contribution in [1.82, 2.24) is 0 Å². The number of aryl methyl sites for hydroxylation is 1. The van der Waals surface area contributed by atoms with Crippen molar-refractivity contribution in [2.24, 2.45) is 11.8 Å². The van der Waals surface area contributed by atoms with Gasteiger partial charge in [0.15, 0.2) is 0 Å². The molecule has 3 atom stereocenters. The maximum absolute atomic E-state index is 11.0. The molecule has 3 unspecified atom stereocenters. The minimum atomic E-state index is -0.570. The predicted octanol–water partition coefficient (Wildman–Crippen LogP) is 3.01. The number of hydrogen-bond donors (Lipinski definition) is 1. The number of hydrogen-bond acceptors (Lipinski definition) is 2. The summed E-state index contributed by atoms with van der Waals surface area (Å²) >= 11 is 0. The van der Waals surface area contributed by atoms with E-state index >= 15 is 0 Å². The minimum absolute atomic E-state index is 0.472. The molecule has 1 aromatic carbocycles. The summed E-state index contributed by atoms with van der Waals surface area (Å²) in [6, 6.07) is 6.04. The molecule has 0 amide bonds. The van der Waals surface area contributed by atoms with Crippen LogP contribution in [0.2, 0.25) is 0 Å². The first-order chi connectivity index (χ1) is 8.13. The molecule has 3 rings (SSSR count). The highest BCUT2D eigenvalue weighted by molar-refractivity contribution is 5.39. The second-order valence-corrected chi connectivity index (χ2v) is 5.69. The summed E-state index contributed by atoms with van der Waals surface area (Å²) in [6.07, 6.45) is 4.65. The Labute approximate surface area is 103 Å². The molecule has 0 saturated heterocycles. The Morgan fingerprint density at radius 3 is 2.71 bits per heavy atom. The van der Waals surface area contributed by atoms with Crippen LogP contribution in [0.5, 0.6) is 5.75 Å². The average Bonchev–Trinajstić information content (AvgIpc) is 2.88. The van der Waals surface area contributed by atoms with E-state index in [0.29, 0.717) is 5.92 Å². The molecule has 17 heavy (non-hydrogen) atoms. The van der Waals surface area contributed by atoms with Crippen LogP contribution in [0.4, 0.5) is 0 Å². The molecule has 2 nitrogen and oxygen atoms in total. The van der Waals surface area contributed by atoms with E-state index in [1.807, 2.05) is 12.1 Å². The predicted molar refractivity (Wildman–Crippen MR) is 67.1 cm³/mol. The highest BCUT2D eigenvalue weighted by Crippen LogP contribution is 2.56. The monoisotopic (exact) mass is 232 g/mol. The van der Waals surface area contributed by atoms with Crippen LogP contribution in [0.25, 0.3) is 0 Å². The lowest BCUT2D eigenvalue weighted by atomic mass is 9.77. The summed E-state index contributed by atoms with van der Waals surface area (Å²) in [7, 11) is 1.68. The number of methoxy groups -OCH3 is 1. The third kappa shape index (κ3) is 1.58. The van der Waals surface area contributed by atoms with E-state index in [1.54, 1.807) is 7.11 Å². The normalized spacial score (nSPS) is 35.2. The van der Waals surface area contributed by atoms with Crippen LogP contribution in [-0.4, -0.2) is 12.2 Å². The Kier molecular flexibility index (Phi) is 2.44. The molecular weight excluding hydrogens is 212 g/mol. The van der Waals surface area contributed by atoms with Crippen molar-refractivity contribution in [3.63, 3.8) is 0 Å². The van der Waals surface area contributed by atoms with Gasteiger partial charge in [-0.2, -0.15) is 0 Å². The quantitative estimate of drug-likeness (QED) is 0.849. The lowest BCUT2D eigenvalue weighted by Crippen LogP contribution is -2.32. The van der Waals surface area contributed by atoms with Crippen molar-refractivity contribution < 1.29 is 9.84 Å². The maximum Gasteiger partial charge on any atom is 0.119 e. The highest BCUT2D eigenvalue weighted by atomic mass is 16.5. The lowest BCUT2D eigenvalue weighted by molar-refractivity contribution is -0.0188. The van der Waals surface area contributed by atoms with Gasteiger partial charge in [0.05, 0.1) is 12.7 Å². The standard InChI is InChI=1S/C15H20O2/c1-10-7-13(17-2)5-6-14(10)15(16)9-11-3-4-12(15)8-11/h5-7,11-12,16H,3-4,8-9H2,1-2H3. The minimum Gasteiger partial charge on any atom is -0.497 e. The van der Waals surface area contributed by atoms with E-state index in [1.165, 1.54) is 19.3 Å². The maximum atomic E-state index is 11.0. The van der Waals surface area contributed by atoms with Gasteiger partial charge >= 0.3 is 0 Å². The fourth-order valence-corrected chi connectivity index (χ4v) is 3.88. The van der Waals surface area contributed by atoms with Crippen molar-refractivity contribution in [3.8, 4) is 5.75 Å². The van der Waals surface area contributed by atoms with Gasteiger partial charge in [-0.25, -0.2) is 0 Å². The van der Waals surface area contributed by atoms with Crippen molar-refractivity contribution in [3.05, 3.63) is 29.3 Å². The second-order valence-electron chi connectivity index (χ2n) is 5.69. The van der Waals surface area contributed by atoms with Crippen LogP contribution in [0.15, 0.2) is 18.2 Å². The van der Waals surface area contributed by atoms with E-state index in [2.05, 4.69) is 13.0 Å². The van der Waals surface area contributed by atoms with E-state index in [-0.39, 0.29) is 0 Å². The summed E-state index contributed by atoms with van der Waals surface area (Å²) in [4.78, 5) is 0. The molecule has 2 bridgehead atoms. The van der Waals surface area contributed by atoms with Crippen LogP contribution in [0.1, 0.15) is 36.8 Å². The van der Waals surface area contributed by atoms with Gasteiger partial charge in [-0.15, -0.1) is 0 Å². The number of aliphatic hydroxyl groups is 1. The molecule has 0 aliphatic heterocycles. The topological polar surface area (TPSA) is 29.5 Å². The summed E-state index contributed by atoms with van der Waals surface area (Å²) in [5.41, 5.74) is 1.70. The smallest absolute Gasteiger partial charge is 0.119 e. The fourth-order valence-electron chi connectivity index (χ4n) is 3.88. The van der Waals surface area contributed by atoms with Crippen molar-refractivity contribution in [1.29, 1.82) is 0 Å². The second kappa shape index (κ2) is 3.74. The van der Waals surface area contributed by atoms with Crippen molar-refractivity contribution >= 4 is 0 Å². The van der Waals surface area contributed by atoms with E-state index in [9.17, 15) is 5.11 Å². The zero-order valence-corrected chi connectivity index (χ0v) is 10.6. The van der Waals surface area contributed by atoms with Gasteiger partial charge in [0.1, 0.15) is 5.75 Å². The van der Waals surface area contributed by atoms with E-state index < -0.39 is 5.60 Å². The molecule has 2 aliphatic rings. The van der Waals surface area contributed by atoms with Gasteiger partial charge in [-0.1, -0.05) is 6.07 Å². The SMILES string of the molecule is COc1ccc(C2(O)CC3CCC2C3)c(C)c1. The van der Waals surface area contributed by atoms with Crippen LogP contribution in [0.3, 0.4) is 0 Å². The van der Waals surface area contributed by atoms with Crippen LogP contribution in [0, 0.1) is 18.8 Å². The molecule has 2 saturated carbocycles. The Bertz CT molecular complexity index is 441. The number of benzene rings is 1. The van der Waals surface area contributed by atoms with Crippen LogP contribution >= 0.6 is 0 Å². The third-order valence-corrected chi connectivity index (χ3v) is 4.72. The average molecular weight is 232 g/mol. The van der Waals surface area contributed by atoms with Crippen LogP contribution in [-0.2, 0) is 5.60 Å². The Morgan fingerprint density at radius 1 is 1.35 bits per heavy atom. The molecule has 0 aromatic heterocycles. The van der Waals surface area contributed by atoms with Gasteiger partial charge in [0.25, 0.3) is 0 Å². The fraction of sp³-hybridized carbons (Fsp3) is 0.600. The molecule has 0 spiro atoms. The zero-order valence-electron chi connectivity index (χ0n) is 10.6. The lowest BCUT2D eigenvalue weighted by Gasteiger charge is -2.34. The first-order valence-electron chi connectivity index (χ1n) is 6.51. The Morgan fingerprint density at radius 2 is 2.18 bits per heavy atom. The van der Waals surface area contributed by atoms with Crippen molar-refractivity contribution in [2.45, 2.75) is 38.2 Å². The summed E-state index contributed by atoms with van der Waals surface area (Å²) in [5, 5.41) is 11.0. The summed E-state index contributed by atoms with van der Waals surface area (Å²) < 4.78 is 5.23. The Hall–Kier alpha value is -1.02. The van der Waals surface area contributed by atoms with Gasteiger partial charge in [-0.3, -0.25) is 0 Å². The molecule has 1 aromatic rings.